The fraction of sp³-hybridized carbons (Fsp3) is 0.400. The fourth-order valence-corrected chi connectivity index (χ4v) is 3.15. The summed E-state index contributed by atoms with van der Waals surface area (Å²) in [7, 11) is 0. The second-order valence-electron chi connectivity index (χ2n) is 6.77. The standard InChI is InChI=1S/C20H24N2O3/c1-14-4-2-5-15(12-14)13-22-10-3-6-17(20(22)25)19(24)21-18(9-11-23)16-7-8-16/h2-6,10,12,16,18,23H,7-9,11,13H2,1H3,(H,21,24). The van der Waals surface area contributed by atoms with Crippen LogP contribution in [-0.2, 0) is 6.54 Å². The molecule has 1 aliphatic rings. The zero-order chi connectivity index (χ0) is 17.8. The number of aliphatic hydroxyl groups is 1. The molecule has 1 amide bonds. The van der Waals surface area contributed by atoms with Gasteiger partial charge >= 0.3 is 0 Å². The predicted molar refractivity (Wildman–Crippen MR) is 96.7 cm³/mol. The minimum atomic E-state index is -0.353. The molecule has 1 aromatic carbocycles. The Hall–Kier alpha value is -2.40. The van der Waals surface area contributed by atoms with Crippen LogP contribution in [0, 0.1) is 12.8 Å². The largest absolute Gasteiger partial charge is 0.396 e. The number of hydrogen-bond donors (Lipinski definition) is 2. The van der Waals surface area contributed by atoms with Crippen LogP contribution >= 0.6 is 0 Å². The van der Waals surface area contributed by atoms with Gasteiger partial charge in [-0.25, -0.2) is 0 Å². The lowest BCUT2D eigenvalue weighted by atomic mass is 10.1. The number of aryl methyl sites for hydroxylation is 1. The number of aromatic nitrogens is 1. The quantitative estimate of drug-likeness (QED) is 0.811. The molecule has 1 saturated carbocycles. The van der Waals surface area contributed by atoms with Gasteiger partial charge in [-0.15, -0.1) is 0 Å². The number of pyridine rings is 1. The van der Waals surface area contributed by atoms with E-state index in [4.69, 9.17) is 5.11 Å². The molecule has 0 radical (unpaired) electrons. The van der Waals surface area contributed by atoms with Crippen LogP contribution in [0.4, 0.5) is 0 Å². The van der Waals surface area contributed by atoms with Gasteiger partial charge in [0.05, 0.1) is 6.54 Å². The van der Waals surface area contributed by atoms with E-state index in [-0.39, 0.29) is 29.7 Å². The van der Waals surface area contributed by atoms with Gasteiger partial charge in [-0.2, -0.15) is 0 Å². The van der Waals surface area contributed by atoms with Crippen LogP contribution in [-0.4, -0.2) is 28.2 Å². The van der Waals surface area contributed by atoms with Crippen LogP contribution in [0.1, 0.15) is 40.7 Å². The van der Waals surface area contributed by atoms with E-state index < -0.39 is 0 Å². The first-order valence-corrected chi connectivity index (χ1v) is 8.75. The molecule has 2 aromatic rings. The van der Waals surface area contributed by atoms with Crippen LogP contribution < -0.4 is 10.9 Å². The predicted octanol–water partition coefficient (Wildman–Crippen LogP) is 2.10. The average Bonchev–Trinajstić information content (AvgIpc) is 3.41. The second kappa shape index (κ2) is 7.66. The molecular formula is C20H24N2O3. The Morgan fingerprint density at radius 3 is 2.80 bits per heavy atom. The van der Waals surface area contributed by atoms with E-state index in [2.05, 4.69) is 5.32 Å². The SMILES string of the molecule is Cc1cccc(Cn2cccc(C(=O)NC(CCO)C3CC3)c2=O)c1. The number of aliphatic hydroxyl groups excluding tert-OH is 1. The zero-order valence-electron chi connectivity index (χ0n) is 14.4. The maximum Gasteiger partial charge on any atom is 0.263 e. The summed E-state index contributed by atoms with van der Waals surface area (Å²) in [6.45, 7) is 2.48. The zero-order valence-corrected chi connectivity index (χ0v) is 14.4. The molecule has 1 unspecified atom stereocenters. The molecule has 1 fully saturated rings. The maximum absolute atomic E-state index is 12.7. The Bertz CT molecular complexity index is 809. The molecule has 3 rings (SSSR count). The number of nitrogens with zero attached hydrogens (tertiary/aromatic N) is 1. The highest BCUT2D eigenvalue weighted by Crippen LogP contribution is 2.33. The van der Waals surface area contributed by atoms with Gasteiger partial charge in [0.1, 0.15) is 5.56 Å². The molecule has 1 heterocycles. The third-order valence-electron chi connectivity index (χ3n) is 4.65. The number of benzene rings is 1. The minimum Gasteiger partial charge on any atom is -0.396 e. The number of hydrogen-bond acceptors (Lipinski definition) is 3. The van der Waals surface area contributed by atoms with Gasteiger partial charge < -0.3 is 15.0 Å². The summed E-state index contributed by atoms with van der Waals surface area (Å²) in [5, 5.41) is 12.1. The normalized spacial score (nSPS) is 15.0. The highest BCUT2D eigenvalue weighted by Gasteiger charge is 2.32. The summed E-state index contributed by atoms with van der Waals surface area (Å²) in [4.78, 5) is 25.2. The average molecular weight is 340 g/mol. The number of nitrogens with one attached hydrogen (secondary N) is 1. The van der Waals surface area contributed by atoms with Crippen molar-refractivity contribution in [2.75, 3.05) is 6.61 Å². The number of carbonyl (C=O) groups excluding carboxylic acids is 1. The van der Waals surface area contributed by atoms with E-state index in [1.807, 2.05) is 31.2 Å². The van der Waals surface area contributed by atoms with Crippen molar-refractivity contribution < 1.29 is 9.90 Å². The first-order chi connectivity index (χ1) is 12.1. The Morgan fingerprint density at radius 2 is 2.12 bits per heavy atom. The van der Waals surface area contributed by atoms with E-state index in [0.717, 1.165) is 24.0 Å². The molecule has 1 aliphatic carbocycles. The highest BCUT2D eigenvalue weighted by atomic mass is 16.3. The summed E-state index contributed by atoms with van der Waals surface area (Å²) in [6.07, 6.45) is 4.36. The van der Waals surface area contributed by atoms with E-state index in [1.54, 1.807) is 22.9 Å². The van der Waals surface area contributed by atoms with Gasteiger partial charge in [0.15, 0.2) is 0 Å². The van der Waals surface area contributed by atoms with E-state index >= 15 is 0 Å². The Balaban J connectivity index is 1.78. The molecule has 25 heavy (non-hydrogen) atoms. The Kier molecular flexibility index (Phi) is 5.34. The van der Waals surface area contributed by atoms with Crippen molar-refractivity contribution >= 4 is 5.91 Å². The van der Waals surface area contributed by atoms with Crippen LogP contribution in [0.2, 0.25) is 0 Å². The summed E-state index contributed by atoms with van der Waals surface area (Å²) in [5.74, 6) is 0.0725. The molecular weight excluding hydrogens is 316 g/mol. The van der Waals surface area contributed by atoms with E-state index in [9.17, 15) is 9.59 Å². The highest BCUT2D eigenvalue weighted by molar-refractivity contribution is 5.94. The summed E-state index contributed by atoms with van der Waals surface area (Å²) >= 11 is 0. The van der Waals surface area contributed by atoms with Crippen LogP contribution in [0.5, 0.6) is 0 Å². The van der Waals surface area contributed by atoms with E-state index in [0.29, 0.717) is 18.9 Å². The van der Waals surface area contributed by atoms with Gasteiger partial charge in [0.25, 0.3) is 11.5 Å². The van der Waals surface area contributed by atoms with Crippen LogP contribution in [0.3, 0.4) is 0 Å². The van der Waals surface area contributed by atoms with Crippen molar-refractivity contribution in [3.05, 3.63) is 69.6 Å². The first kappa shape index (κ1) is 17.4. The molecule has 0 aliphatic heterocycles. The smallest absolute Gasteiger partial charge is 0.263 e. The summed E-state index contributed by atoms with van der Waals surface area (Å²) in [5.41, 5.74) is 2.02. The van der Waals surface area contributed by atoms with Gasteiger partial charge in [0.2, 0.25) is 0 Å². The molecule has 2 N–H and O–H groups in total. The lowest BCUT2D eigenvalue weighted by Gasteiger charge is -2.17. The second-order valence-corrected chi connectivity index (χ2v) is 6.77. The first-order valence-electron chi connectivity index (χ1n) is 8.75. The number of rotatable bonds is 7. The number of carbonyl (C=O) groups is 1. The van der Waals surface area contributed by atoms with Crippen molar-refractivity contribution in [1.82, 2.24) is 9.88 Å². The van der Waals surface area contributed by atoms with E-state index in [1.165, 1.54) is 0 Å². The molecule has 132 valence electrons. The van der Waals surface area contributed by atoms with Gasteiger partial charge in [0, 0.05) is 18.8 Å². The van der Waals surface area contributed by atoms with Gasteiger partial charge in [-0.1, -0.05) is 29.8 Å². The maximum atomic E-state index is 12.7. The third kappa shape index (κ3) is 4.37. The lowest BCUT2D eigenvalue weighted by molar-refractivity contribution is 0.0922. The van der Waals surface area contributed by atoms with Crippen molar-refractivity contribution in [3.63, 3.8) is 0 Å². The third-order valence-corrected chi connectivity index (χ3v) is 4.65. The van der Waals surface area contributed by atoms with Crippen molar-refractivity contribution in [2.24, 2.45) is 5.92 Å². The number of amides is 1. The molecule has 0 saturated heterocycles. The van der Waals surface area contributed by atoms with Crippen molar-refractivity contribution in [3.8, 4) is 0 Å². The Labute approximate surface area is 147 Å². The summed E-state index contributed by atoms with van der Waals surface area (Å²) < 4.78 is 1.56. The molecule has 1 aromatic heterocycles. The molecule has 0 spiro atoms. The topological polar surface area (TPSA) is 71.3 Å². The van der Waals surface area contributed by atoms with Crippen molar-refractivity contribution in [2.45, 2.75) is 38.8 Å². The Morgan fingerprint density at radius 1 is 1.32 bits per heavy atom. The molecule has 1 atom stereocenters. The molecule has 0 bridgehead atoms. The van der Waals surface area contributed by atoms with Crippen LogP contribution in [0.15, 0.2) is 47.4 Å². The van der Waals surface area contributed by atoms with Crippen molar-refractivity contribution in [1.29, 1.82) is 0 Å². The fourth-order valence-electron chi connectivity index (χ4n) is 3.15. The van der Waals surface area contributed by atoms with Gasteiger partial charge in [-0.3, -0.25) is 9.59 Å². The lowest BCUT2D eigenvalue weighted by Crippen LogP contribution is -2.40. The van der Waals surface area contributed by atoms with Gasteiger partial charge in [-0.05, 0) is 49.8 Å². The van der Waals surface area contributed by atoms with Crippen LogP contribution in [0.25, 0.3) is 0 Å². The molecule has 5 nitrogen and oxygen atoms in total. The minimum absolute atomic E-state index is 0.0355. The monoisotopic (exact) mass is 340 g/mol. The molecule has 5 heteroatoms. The summed E-state index contributed by atoms with van der Waals surface area (Å²) in [6, 6.07) is 11.2.